The first kappa shape index (κ1) is 19.7. The van der Waals surface area contributed by atoms with E-state index in [9.17, 15) is 9.59 Å². The molecular formula is C18H25NO5. The Hall–Kier alpha value is -2.34. The predicted molar refractivity (Wildman–Crippen MR) is 91.4 cm³/mol. The van der Waals surface area contributed by atoms with Crippen molar-refractivity contribution in [2.45, 2.75) is 32.7 Å². The number of nitrogens with one attached hydrogen (secondary N) is 1. The maximum Gasteiger partial charge on any atom is 0.305 e. The molecule has 1 aromatic carbocycles. The van der Waals surface area contributed by atoms with E-state index in [2.05, 4.69) is 5.32 Å². The molecule has 0 spiro atoms. The number of hydrogen-bond donors (Lipinski definition) is 2. The lowest BCUT2D eigenvalue weighted by atomic mass is 9.98. The first-order chi connectivity index (χ1) is 11.3. The minimum Gasteiger partial charge on any atom is -0.490 e. The first-order valence-corrected chi connectivity index (χ1v) is 7.65. The molecule has 0 fully saturated rings. The molecule has 6 nitrogen and oxygen atoms in total. The van der Waals surface area contributed by atoms with Crippen LogP contribution >= 0.6 is 0 Å². The summed E-state index contributed by atoms with van der Waals surface area (Å²) < 4.78 is 10.6. The molecule has 0 saturated carbocycles. The molecule has 1 unspecified atom stereocenters. The van der Waals surface area contributed by atoms with Crippen LogP contribution in [0.1, 0.15) is 37.6 Å². The monoisotopic (exact) mass is 335 g/mol. The fourth-order valence-electron chi connectivity index (χ4n) is 2.16. The number of carbonyl (C=O) groups excluding carboxylic acids is 1. The summed E-state index contributed by atoms with van der Waals surface area (Å²) in [6, 6.07) is 6.76. The van der Waals surface area contributed by atoms with E-state index in [4.69, 9.17) is 14.6 Å². The maximum absolute atomic E-state index is 12.4. The van der Waals surface area contributed by atoms with Crippen molar-refractivity contribution >= 4 is 11.9 Å². The highest BCUT2D eigenvalue weighted by Gasteiger charge is 2.30. The molecule has 0 aliphatic heterocycles. The molecule has 24 heavy (non-hydrogen) atoms. The number of aliphatic carboxylic acids is 1. The van der Waals surface area contributed by atoms with E-state index in [1.807, 2.05) is 19.9 Å². The van der Waals surface area contributed by atoms with Crippen LogP contribution in [0.15, 0.2) is 35.9 Å². The molecular weight excluding hydrogens is 310 g/mol. The quantitative estimate of drug-likeness (QED) is 0.678. The summed E-state index contributed by atoms with van der Waals surface area (Å²) in [6.07, 6.45) is 1.71. The molecule has 1 aromatic rings. The summed E-state index contributed by atoms with van der Waals surface area (Å²) in [6.45, 7) is 6.12. The summed E-state index contributed by atoms with van der Waals surface area (Å²) in [5.74, 6) is -0.802. The lowest BCUT2D eigenvalue weighted by molar-refractivity contribution is -0.139. The van der Waals surface area contributed by atoms with Crippen molar-refractivity contribution in [2.75, 3.05) is 20.3 Å². The highest BCUT2D eigenvalue weighted by molar-refractivity contribution is 5.95. The van der Waals surface area contributed by atoms with Gasteiger partial charge in [0.15, 0.2) is 0 Å². The zero-order valence-electron chi connectivity index (χ0n) is 14.6. The van der Waals surface area contributed by atoms with Crippen LogP contribution in [0, 0.1) is 0 Å². The van der Waals surface area contributed by atoms with Crippen molar-refractivity contribution in [2.24, 2.45) is 0 Å². The van der Waals surface area contributed by atoms with Crippen molar-refractivity contribution in [1.82, 2.24) is 5.32 Å². The Bertz CT molecular complexity index is 607. The Morgan fingerprint density at radius 3 is 2.62 bits per heavy atom. The van der Waals surface area contributed by atoms with Gasteiger partial charge in [-0.25, -0.2) is 0 Å². The SMILES string of the molecule is COCC(C)(CC(=O)O)NC(=O)c1cccc(OCC=C(C)C)c1. The number of allylic oxidation sites excluding steroid dienone is 1. The number of carboxylic acids is 1. The molecule has 132 valence electrons. The average Bonchev–Trinajstić information content (AvgIpc) is 2.46. The van der Waals surface area contributed by atoms with E-state index >= 15 is 0 Å². The van der Waals surface area contributed by atoms with Crippen LogP contribution in [-0.2, 0) is 9.53 Å². The Morgan fingerprint density at radius 2 is 2.04 bits per heavy atom. The fraction of sp³-hybridized carbons (Fsp3) is 0.444. The van der Waals surface area contributed by atoms with Gasteiger partial charge in [-0.05, 0) is 45.0 Å². The minimum atomic E-state index is -1.01. The van der Waals surface area contributed by atoms with Crippen LogP contribution < -0.4 is 10.1 Å². The molecule has 1 rings (SSSR count). The number of ether oxygens (including phenoxy) is 2. The average molecular weight is 335 g/mol. The van der Waals surface area contributed by atoms with Gasteiger partial charge in [0.05, 0.1) is 18.6 Å². The predicted octanol–water partition coefficient (Wildman–Crippen LogP) is 2.64. The molecule has 0 heterocycles. The van der Waals surface area contributed by atoms with Crippen molar-refractivity contribution in [3.8, 4) is 5.75 Å². The highest BCUT2D eigenvalue weighted by atomic mass is 16.5. The first-order valence-electron chi connectivity index (χ1n) is 7.65. The van der Waals surface area contributed by atoms with Gasteiger partial charge in [-0.2, -0.15) is 0 Å². The van der Waals surface area contributed by atoms with E-state index in [-0.39, 0.29) is 18.9 Å². The van der Waals surface area contributed by atoms with Crippen molar-refractivity contribution in [3.63, 3.8) is 0 Å². The normalized spacial score (nSPS) is 12.8. The number of methoxy groups -OCH3 is 1. The Labute approximate surface area is 142 Å². The van der Waals surface area contributed by atoms with Crippen molar-refractivity contribution in [1.29, 1.82) is 0 Å². The summed E-state index contributed by atoms with van der Waals surface area (Å²) >= 11 is 0. The van der Waals surface area contributed by atoms with Gasteiger partial charge in [0.1, 0.15) is 12.4 Å². The number of benzene rings is 1. The van der Waals surface area contributed by atoms with Crippen LogP contribution in [0.4, 0.5) is 0 Å². The maximum atomic E-state index is 12.4. The van der Waals surface area contributed by atoms with Crippen LogP contribution in [0.25, 0.3) is 0 Å². The third-order valence-electron chi connectivity index (χ3n) is 3.26. The Balaban J connectivity index is 2.82. The summed E-state index contributed by atoms with van der Waals surface area (Å²) in [7, 11) is 1.46. The van der Waals surface area contributed by atoms with Gasteiger partial charge in [0.2, 0.25) is 0 Å². The topological polar surface area (TPSA) is 84.9 Å². The lowest BCUT2D eigenvalue weighted by Gasteiger charge is -2.28. The number of carbonyl (C=O) groups is 2. The van der Waals surface area contributed by atoms with Crippen LogP contribution in [0.2, 0.25) is 0 Å². The molecule has 0 saturated heterocycles. The highest BCUT2D eigenvalue weighted by Crippen LogP contribution is 2.16. The van der Waals surface area contributed by atoms with Crippen molar-refractivity contribution in [3.05, 3.63) is 41.5 Å². The van der Waals surface area contributed by atoms with Crippen LogP contribution in [-0.4, -0.2) is 42.8 Å². The van der Waals surface area contributed by atoms with Gasteiger partial charge in [-0.3, -0.25) is 9.59 Å². The summed E-state index contributed by atoms with van der Waals surface area (Å²) in [5.41, 5.74) is 0.557. The largest absolute Gasteiger partial charge is 0.490 e. The molecule has 0 aliphatic rings. The number of amides is 1. The molecule has 0 radical (unpaired) electrons. The second-order valence-corrected chi connectivity index (χ2v) is 6.14. The third-order valence-corrected chi connectivity index (χ3v) is 3.26. The Kier molecular flexibility index (Phi) is 7.45. The van der Waals surface area contributed by atoms with Gasteiger partial charge in [-0.1, -0.05) is 11.6 Å². The van der Waals surface area contributed by atoms with Gasteiger partial charge >= 0.3 is 5.97 Å². The second kappa shape index (κ2) is 9.08. The molecule has 1 atom stereocenters. The molecule has 1 amide bonds. The zero-order valence-corrected chi connectivity index (χ0v) is 14.6. The lowest BCUT2D eigenvalue weighted by Crippen LogP contribution is -2.50. The third kappa shape index (κ3) is 6.83. The van der Waals surface area contributed by atoms with E-state index in [0.29, 0.717) is 17.9 Å². The van der Waals surface area contributed by atoms with E-state index in [1.165, 1.54) is 7.11 Å². The van der Waals surface area contributed by atoms with Gasteiger partial charge < -0.3 is 19.9 Å². The summed E-state index contributed by atoms with van der Waals surface area (Å²) in [4.78, 5) is 23.4. The smallest absolute Gasteiger partial charge is 0.305 e. The summed E-state index contributed by atoms with van der Waals surface area (Å²) in [5, 5.41) is 11.7. The van der Waals surface area contributed by atoms with E-state index in [0.717, 1.165) is 5.57 Å². The number of rotatable bonds is 9. The standard InChI is InChI=1S/C18H25NO5/c1-13(2)8-9-24-15-7-5-6-14(10-15)17(22)19-18(3,12-23-4)11-16(20)21/h5-8,10H,9,11-12H2,1-4H3,(H,19,22)(H,20,21). The van der Waals surface area contributed by atoms with Crippen molar-refractivity contribution < 1.29 is 24.2 Å². The molecule has 0 aromatic heterocycles. The molecule has 0 aliphatic carbocycles. The molecule has 2 N–H and O–H groups in total. The second-order valence-electron chi connectivity index (χ2n) is 6.14. The van der Waals surface area contributed by atoms with Crippen LogP contribution in [0.5, 0.6) is 5.75 Å². The zero-order chi connectivity index (χ0) is 18.2. The van der Waals surface area contributed by atoms with Gasteiger partial charge in [-0.15, -0.1) is 0 Å². The molecule has 0 bridgehead atoms. The van der Waals surface area contributed by atoms with Gasteiger partial charge in [0, 0.05) is 12.7 Å². The minimum absolute atomic E-state index is 0.0990. The van der Waals surface area contributed by atoms with E-state index < -0.39 is 11.5 Å². The number of carboxylic acid groups (broad SMARTS) is 1. The molecule has 6 heteroatoms. The van der Waals surface area contributed by atoms with Gasteiger partial charge in [0.25, 0.3) is 5.91 Å². The fourth-order valence-corrected chi connectivity index (χ4v) is 2.16. The Morgan fingerprint density at radius 1 is 1.33 bits per heavy atom. The van der Waals surface area contributed by atoms with Crippen LogP contribution in [0.3, 0.4) is 0 Å². The van der Waals surface area contributed by atoms with E-state index in [1.54, 1.807) is 31.2 Å². The number of hydrogen-bond acceptors (Lipinski definition) is 4.